The topological polar surface area (TPSA) is 149 Å². The summed E-state index contributed by atoms with van der Waals surface area (Å²) in [6.07, 6.45) is 0. The number of hydrogen-bond donors (Lipinski definition) is 1. The first-order chi connectivity index (χ1) is 14.6. The molecule has 1 amide bonds. The quantitative estimate of drug-likeness (QED) is 0.562. The lowest BCUT2D eigenvalue weighted by atomic mass is 10.1. The van der Waals surface area contributed by atoms with E-state index in [-0.39, 0.29) is 49.1 Å². The predicted octanol–water partition coefficient (Wildman–Crippen LogP) is 3.21. The summed E-state index contributed by atoms with van der Waals surface area (Å²) in [5.74, 6) is -0.599. The number of thiophene rings is 1. The van der Waals surface area contributed by atoms with Gasteiger partial charge in [-0.15, -0.1) is 11.3 Å². The summed E-state index contributed by atoms with van der Waals surface area (Å²) < 4.78 is 39.7. The van der Waals surface area contributed by atoms with E-state index < -0.39 is 15.9 Å². The number of sulfonamides is 1. The zero-order valence-corrected chi connectivity index (χ0v) is 18.8. The average molecular weight is 483 g/mol. The predicted molar refractivity (Wildman–Crippen MR) is 113 cm³/mol. The molecule has 31 heavy (non-hydrogen) atoms. The maximum absolute atomic E-state index is 13.5. The van der Waals surface area contributed by atoms with Crippen molar-refractivity contribution in [3.63, 3.8) is 0 Å². The Balaban J connectivity index is 2.33. The van der Waals surface area contributed by atoms with Crippen molar-refractivity contribution in [3.8, 4) is 17.6 Å². The Morgan fingerprint density at radius 3 is 2.48 bits per heavy atom. The molecule has 3 rings (SSSR count). The van der Waals surface area contributed by atoms with Crippen LogP contribution in [-0.2, 0) is 10.0 Å². The van der Waals surface area contributed by atoms with Crippen molar-refractivity contribution in [1.29, 1.82) is 5.26 Å². The smallest absolute Gasteiger partial charge is 0.276 e. The summed E-state index contributed by atoms with van der Waals surface area (Å²) in [5, 5.41) is 20.1. The molecule has 0 aliphatic rings. The minimum Gasteiger partial charge on any atom is -0.493 e. The van der Waals surface area contributed by atoms with Crippen LogP contribution in [0, 0.1) is 18.3 Å². The molecule has 0 unspecified atom stereocenters. The Morgan fingerprint density at radius 2 is 1.97 bits per heavy atom. The third-order valence-electron chi connectivity index (χ3n) is 4.17. The number of anilines is 2. The highest BCUT2D eigenvalue weighted by atomic mass is 35.5. The second-order valence-electron chi connectivity index (χ2n) is 6.02. The number of aryl methyl sites for hydroxylation is 1. The summed E-state index contributed by atoms with van der Waals surface area (Å²) in [7, 11) is -1.43. The summed E-state index contributed by atoms with van der Waals surface area (Å²) in [4.78, 5) is 13.9. The number of carbonyl (C=O) groups is 1. The normalized spacial score (nSPS) is 11.1. The Hall–Kier alpha value is -3.11. The number of ether oxygens (including phenoxy) is 2. The van der Waals surface area contributed by atoms with Crippen LogP contribution in [0.25, 0.3) is 0 Å². The van der Waals surface area contributed by atoms with Gasteiger partial charge in [-0.3, -0.25) is 4.79 Å². The SMILES string of the molecule is COc1cc(C#N)c(N(C(=O)c2sccc2S(N)(=O)=O)c2onc(C)c2Cl)cc1OC. The van der Waals surface area contributed by atoms with Gasteiger partial charge < -0.3 is 14.0 Å². The summed E-state index contributed by atoms with van der Waals surface area (Å²) in [6, 6.07) is 5.91. The standard InChI is InChI=1S/C18H15ClN4O6S2/c1-9-15(19)18(29-22-9)23(17(24)16-14(4-5-30-16)31(21,25)26)11-7-13(28-3)12(27-2)6-10(11)8-20/h4-7H,1-3H3,(H2,21,25,26). The molecule has 0 bridgehead atoms. The van der Waals surface area contributed by atoms with Gasteiger partial charge in [-0.1, -0.05) is 16.8 Å². The van der Waals surface area contributed by atoms with E-state index in [0.29, 0.717) is 0 Å². The maximum atomic E-state index is 13.5. The Kier molecular flexibility index (Phi) is 6.23. The zero-order chi connectivity index (χ0) is 22.9. The van der Waals surface area contributed by atoms with Gasteiger partial charge in [0.25, 0.3) is 11.8 Å². The third-order valence-corrected chi connectivity index (χ3v) is 6.59. The number of amides is 1. The lowest BCUT2D eigenvalue weighted by molar-refractivity contribution is 0.0995. The van der Waals surface area contributed by atoms with Crippen LogP contribution in [0.2, 0.25) is 5.02 Å². The van der Waals surface area contributed by atoms with Gasteiger partial charge in [-0.05, 0) is 18.4 Å². The number of halogens is 1. The first kappa shape index (κ1) is 22.6. The number of carbonyl (C=O) groups excluding carboxylic acids is 1. The molecule has 162 valence electrons. The first-order valence-electron chi connectivity index (χ1n) is 8.36. The molecule has 0 fully saturated rings. The number of rotatable bonds is 6. The Labute approximate surface area is 186 Å². The van der Waals surface area contributed by atoms with E-state index >= 15 is 0 Å². The van der Waals surface area contributed by atoms with Crippen molar-refractivity contribution < 1.29 is 27.2 Å². The van der Waals surface area contributed by atoms with Crippen LogP contribution in [0.4, 0.5) is 11.6 Å². The van der Waals surface area contributed by atoms with Crippen molar-refractivity contribution in [3.05, 3.63) is 44.7 Å². The first-order valence-corrected chi connectivity index (χ1v) is 11.2. The molecular weight excluding hydrogens is 468 g/mol. The number of nitrogens with zero attached hydrogens (tertiary/aromatic N) is 3. The van der Waals surface area contributed by atoms with Gasteiger partial charge in [0.15, 0.2) is 11.5 Å². The molecule has 2 N–H and O–H groups in total. The Morgan fingerprint density at radius 1 is 1.32 bits per heavy atom. The van der Waals surface area contributed by atoms with E-state index in [2.05, 4.69) is 5.16 Å². The number of primary sulfonamides is 1. The number of methoxy groups -OCH3 is 2. The van der Waals surface area contributed by atoms with Crippen molar-refractivity contribution in [2.75, 3.05) is 19.1 Å². The van der Waals surface area contributed by atoms with E-state index in [1.165, 1.54) is 37.8 Å². The molecule has 3 aromatic rings. The maximum Gasteiger partial charge on any atom is 0.276 e. The van der Waals surface area contributed by atoms with Crippen molar-refractivity contribution >= 4 is 50.4 Å². The molecule has 0 saturated carbocycles. The van der Waals surface area contributed by atoms with Crippen LogP contribution in [0.15, 0.2) is 33.0 Å². The highest BCUT2D eigenvalue weighted by Crippen LogP contribution is 2.42. The average Bonchev–Trinajstić information content (AvgIpc) is 3.36. The van der Waals surface area contributed by atoms with Crippen molar-refractivity contribution in [1.82, 2.24) is 5.16 Å². The Bertz CT molecular complexity index is 1310. The molecule has 13 heteroatoms. The summed E-state index contributed by atoms with van der Waals surface area (Å²) in [5.41, 5.74) is 0.299. The molecule has 0 atom stereocenters. The fraction of sp³-hybridized carbons (Fsp3) is 0.167. The van der Waals surface area contributed by atoms with Crippen LogP contribution in [0.1, 0.15) is 20.9 Å². The second kappa shape index (κ2) is 8.56. The van der Waals surface area contributed by atoms with Crippen LogP contribution >= 0.6 is 22.9 Å². The molecule has 0 aliphatic carbocycles. The second-order valence-corrected chi connectivity index (χ2v) is 8.85. The lowest BCUT2D eigenvalue weighted by Gasteiger charge is -2.22. The molecule has 0 radical (unpaired) electrons. The summed E-state index contributed by atoms with van der Waals surface area (Å²) in [6.45, 7) is 1.55. The molecular formula is C18H15ClN4O6S2. The molecule has 1 aromatic carbocycles. The molecule has 2 aromatic heterocycles. The molecule has 2 heterocycles. The third kappa shape index (κ3) is 4.08. The van der Waals surface area contributed by atoms with Gasteiger partial charge in [0.2, 0.25) is 10.0 Å². The summed E-state index contributed by atoms with van der Waals surface area (Å²) >= 11 is 7.14. The highest BCUT2D eigenvalue weighted by Gasteiger charge is 2.33. The van der Waals surface area contributed by atoms with E-state index in [9.17, 15) is 18.5 Å². The van der Waals surface area contributed by atoms with Gasteiger partial charge in [0.1, 0.15) is 26.6 Å². The molecule has 0 spiro atoms. The number of benzene rings is 1. The number of nitriles is 1. The van der Waals surface area contributed by atoms with Gasteiger partial charge in [0.05, 0.1) is 25.5 Å². The fourth-order valence-corrected chi connectivity index (χ4v) is 4.77. The van der Waals surface area contributed by atoms with Gasteiger partial charge in [0, 0.05) is 12.1 Å². The van der Waals surface area contributed by atoms with Gasteiger partial charge in [-0.2, -0.15) is 5.26 Å². The highest BCUT2D eigenvalue weighted by molar-refractivity contribution is 7.89. The van der Waals surface area contributed by atoms with Crippen LogP contribution < -0.4 is 19.5 Å². The minimum atomic E-state index is -4.20. The largest absolute Gasteiger partial charge is 0.493 e. The molecule has 0 aliphatic heterocycles. The monoisotopic (exact) mass is 482 g/mol. The number of aromatic nitrogens is 1. The fourth-order valence-electron chi connectivity index (χ4n) is 2.72. The van der Waals surface area contributed by atoms with Gasteiger partial charge in [-0.25, -0.2) is 18.5 Å². The minimum absolute atomic E-state index is 0.000682. The number of hydrogen-bond acceptors (Lipinski definition) is 9. The van der Waals surface area contributed by atoms with Crippen molar-refractivity contribution in [2.24, 2.45) is 5.14 Å². The zero-order valence-electron chi connectivity index (χ0n) is 16.4. The van der Waals surface area contributed by atoms with E-state index in [0.717, 1.165) is 16.2 Å². The lowest BCUT2D eigenvalue weighted by Crippen LogP contribution is -2.28. The van der Waals surface area contributed by atoms with Crippen LogP contribution in [-0.4, -0.2) is 33.7 Å². The van der Waals surface area contributed by atoms with Gasteiger partial charge >= 0.3 is 0 Å². The van der Waals surface area contributed by atoms with E-state index in [1.54, 1.807) is 6.92 Å². The molecule has 10 nitrogen and oxygen atoms in total. The van der Waals surface area contributed by atoms with Crippen LogP contribution in [0.3, 0.4) is 0 Å². The van der Waals surface area contributed by atoms with Crippen molar-refractivity contribution in [2.45, 2.75) is 11.8 Å². The molecule has 0 saturated heterocycles. The van der Waals surface area contributed by atoms with Crippen LogP contribution in [0.5, 0.6) is 11.5 Å². The van der Waals surface area contributed by atoms with E-state index in [1.807, 2.05) is 6.07 Å². The van der Waals surface area contributed by atoms with E-state index in [4.69, 9.17) is 30.7 Å². The number of nitrogens with two attached hydrogens (primary N) is 1.